The third-order valence-electron chi connectivity index (χ3n) is 6.98. The maximum absolute atomic E-state index is 13.4. The molecule has 1 aliphatic rings. The molecule has 4 aromatic carbocycles. The standard InChI is InChI=1S/C32H33N3O5S/c1-2-31(36)40-33-41(37,38)30-15-9-14-29(35-22-20-34(21-23-35)27-12-7-4-8-13-27)32(30)26-16-18-28(19-17-26)39-24-25-10-5-3-6-11-25/h3-19,33H,2,20-24H2,1H3. The number of benzene rings is 4. The summed E-state index contributed by atoms with van der Waals surface area (Å²) in [5, 5.41) is 0. The highest BCUT2D eigenvalue weighted by molar-refractivity contribution is 7.89. The van der Waals surface area contributed by atoms with Gasteiger partial charge in [-0.1, -0.05) is 73.7 Å². The van der Waals surface area contributed by atoms with Gasteiger partial charge < -0.3 is 19.4 Å². The first kappa shape index (κ1) is 28.2. The second kappa shape index (κ2) is 12.9. The first-order chi connectivity index (χ1) is 19.9. The average molecular weight is 572 g/mol. The van der Waals surface area contributed by atoms with Gasteiger partial charge in [-0.05, 0) is 52.4 Å². The van der Waals surface area contributed by atoms with Crippen molar-refractivity contribution in [3.63, 3.8) is 0 Å². The predicted molar refractivity (Wildman–Crippen MR) is 160 cm³/mol. The number of carbonyl (C=O) groups is 1. The third-order valence-corrected chi connectivity index (χ3v) is 8.20. The van der Waals surface area contributed by atoms with Gasteiger partial charge in [-0.2, -0.15) is 0 Å². The lowest BCUT2D eigenvalue weighted by molar-refractivity contribution is -0.146. The largest absolute Gasteiger partial charge is 0.489 e. The molecule has 212 valence electrons. The molecule has 9 heteroatoms. The van der Waals surface area contributed by atoms with Crippen molar-refractivity contribution in [3.8, 4) is 16.9 Å². The maximum atomic E-state index is 13.4. The first-order valence-corrected chi connectivity index (χ1v) is 15.1. The van der Waals surface area contributed by atoms with Crippen LogP contribution in [0.3, 0.4) is 0 Å². The van der Waals surface area contributed by atoms with Crippen molar-refractivity contribution in [3.05, 3.63) is 109 Å². The molecule has 0 aromatic heterocycles. The van der Waals surface area contributed by atoms with Crippen LogP contribution in [0.2, 0.25) is 0 Å². The molecule has 0 radical (unpaired) electrons. The average Bonchev–Trinajstić information content (AvgIpc) is 3.03. The monoisotopic (exact) mass is 571 g/mol. The highest BCUT2D eigenvalue weighted by Crippen LogP contribution is 2.38. The Morgan fingerprint density at radius 3 is 2.07 bits per heavy atom. The number of piperazine rings is 1. The number of nitrogens with one attached hydrogen (secondary N) is 1. The Balaban J connectivity index is 1.45. The van der Waals surface area contributed by atoms with Gasteiger partial charge in [0.15, 0.2) is 0 Å². The summed E-state index contributed by atoms with van der Waals surface area (Å²) in [6.45, 7) is 5.02. The number of rotatable bonds is 10. The van der Waals surface area contributed by atoms with Crippen molar-refractivity contribution in [2.24, 2.45) is 0 Å². The van der Waals surface area contributed by atoms with Crippen LogP contribution in [0.15, 0.2) is 108 Å². The zero-order chi connectivity index (χ0) is 28.7. The highest BCUT2D eigenvalue weighted by Gasteiger charge is 2.27. The number of anilines is 2. The minimum absolute atomic E-state index is 0.0299. The van der Waals surface area contributed by atoms with Crippen LogP contribution < -0.4 is 19.4 Å². The predicted octanol–water partition coefficient (Wildman–Crippen LogP) is 5.41. The fourth-order valence-corrected chi connectivity index (χ4v) is 5.86. The summed E-state index contributed by atoms with van der Waals surface area (Å²) in [5.41, 5.74) is 4.26. The van der Waals surface area contributed by atoms with E-state index in [1.807, 2.05) is 83.7 Å². The van der Waals surface area contributed by atoms with Crippen molar-refractivity contribution in [1.29, 1.82) is 0 Å². The lowest BCUT2D eigenvalue weighted by atomic mass is 10.0. The Hall–Kier alpha value is -4.34. The number of hydrogen-bond donors (Lipinski definition) is 1. The van der Waals surface area contributed by atoms with E-state index in [1.165, 1.54) is 6.07 Å². The van der Waals surface area contributed by atoms with E-state index in [2.05, 4.69) is 21.9 Å². The number of sulfonamides is 1. The normalized spacial score (nSPS) is 13.6. The Labute approximate surface area is 241 Å². The van der Waals surface area contributed by atoms with E-state index in [0.29, 0.717) is 36.6 Å². The van der Waals surface area contributed by atoms with Crippen LogP contribution in [-0.4, -0.2) is 40.6 Å². The number of hydrogen-bond acceptors (Lipinski definition) is 7. The summed E-state index contributed by atoms with van der Waals surface area (Å²) < 4.78 is 32.8. The molecule has 4 aromatic rings. The van der Waals surface area contributed by atoms with Crippen LogP contribution in [-0.2, 0) is 26.3 Å². The van der Waals surface area contributed by atoms with Crippen LogP contribution in [0.25, 0.3) is 11.1 Å². The molecule has 1 N–H and O–H groups in total. The fourth-order valence-electron chi connectivity index (χ4n) is 4.82. The van der Waals surface area contributed by atoms with Gasteiger partial charge in [0.2, 0.25) is 0 Å². The molecule has 0 spiro atoms. The summed E-state index contributed by atoms with van der Waals surface area (Å²) in [4.78, 5) is 23.1. The van der Waals surface area contributed by atoms with Crippen molar-refractivity contribution in [2.45, 2.75) is 24.8 Å². The first-order valence-electron chi connectivity index (χ1n) is 13.6. The number of carbonyl (C=O) groups excluding carboxylic acids is 1. The van der Waals surface area contributed by atoms with Crippen LogP contribution in [0, 0.1) is 0 Å². The molecule has 0 aliphatic carbocycles. The topological polar surface area (TPSA) is 88.2 Å². The van der Waals surface area contributed by atoms with Crippen molar-refractivity contribution in [1.82, 2.24) is 4.89 Å². The zero-order valence-electron chi connectivity index (χ0n) is 22.9. The smallest absolute Gasteiger partial charge is 0.325 e. The Bertz CT molecular complexity index is 1550. The summed E-state index contributed by atoms with van der Waals surface area (Å²) in [7, 11) is -4.18. The third kappa shape index (κ3) is 6.87. The number of para-hydroxylation sites is 1. The van der Waals surface area contributed by atoms with E-state index in [0.717, 1.165) is 30.0 Å². The van der Waals surface area contributed by atoms with Gasteiger partial charge in [0.05, 0.1) is 4.90 Å². The summed E-state index contributed by atoms with van der Waals surface area (Å²) in [5.74, 6) is 0.00852. The lowest BCUT2D eigenvalue weighted by Crippen LogP contribution is -2.46. The van der Waals surface area contributed by atoms with Crippen LogP contribution in [0.4, 0.5) is 11.4 Å². The molecule has 5 rings (SSSR count). The number of nitrogens with zero attached hydrogens (tertiary/aromatic N) is 2. The molecule has 8 nitrogen and oxygen atoms in total. The molecule has 1 aliphatic heterocycles. The minimum atomic E-state index is -4.18. The van der Waals surface area contributed by atoms with Crippen LogP contribution in [0.5, 0.6) is 5.75 Å². The molecule has 1 fully saturated rings. The van der Waals surface area contributed by atoms with E-state index in [-0.39, 0.29) is 11.3 Å². The van der Waals surface area contributed by atoms with Crippen molar-refractivity contribution < 1.29 is 22.8 Å². The van der Waals surface area contributed by atoms with Gasteiger partial charge in [0.25, 0.3) is 10.0 Å². The second-order valence-corrected chi connectivity index (χ2v) is 11.3. The summed E-state index contributed by atoms with van der Waals surface area (Å²) in [6, 6.07) is 32.7. The zero-order valence-corrected chi connectivity index (χ0v) is 23.7. The Morgan fingerprint density at radius 2 is 1.41 bits per heavy atom. The molecular weight excluding hydrogens is 538 g/mol. The van der Waals surface area contributed by atoms with Gasteiger partial charge in [-0.25, -0.2) is 8.42 Å². The molecule has 0 atom stereocenters. The Morgan fingerprint density at radius 1 is 0.780 bits per heavy atom. The van der Waals surface area contributed by atoms with E-state index in [9.17, 15) is 13.2 Å². The van der Waals surface area contributed by atoms with Gasteiger partial charge in [-0.3, -0.25) is 4.79 Å². The van der Waals surface area contributed by atoms with Gasteiger partial charge in [0, 0.05) is 49.5 Å². The van der Waals surface area contributed by atoms with E-state index in [1.54, 1.807) is 13.0 Å². The minimum Gasteiger partial charge on any atom is -0.489 e. The molecule has 1 saturated heterocycles. The molecule has 0 amide bonds. The van der Waals surface area contributed by atoms with E-state index >= 15 is 0 Å². The summed E-state index contributed by atoms with van der Waals surface area (Å²) >= 11 is 0. The molecule has 0 saturated carbocycles. The molecule has 41 heavy (non-hydrogen) atoms. The highest BCUT2D eigenvalue weighted by atomic mass is 32.2. The SMILES string of the molecule is CCC(=O)ONS(=O)(=O)c1cccc(N2CCN(c3ccccc3)CC2)c1-c1ccc(OCc2ccccc2)cc1. The molecular formula is C32H33N3O5S. The molecule has 0 bridgehead atoms. The van der Waals surface area contributed by atoms with Crippen LogP contribution in [0.1, 0.15) is 18.9 Å². The maximum Gasteiger partial charge on any atom is 0.325 e. The lowest BCUT2D eigenvalue weighted by Gasteiger charge is -2.38. The van der Waals surface area contributed by atoms with Gasteiger partial charge >= 0.3 is 5.97 Å². The van der Waals surface area contributed by atoms with Crippen molar-refractivity contribution in [2.75, 3.05) is 36.0 Å². The van der Waals surface area contributed by atoms with E-state index < -0.39 is 16.0 Å². The Kier molecular flexibility index (Phi) is 8.86. The van der Waals surface area contributed by atoms with Gasteiger partial charge in [0.1, 0.15) is 12.4 Å². The fraction of sp³-hybridized carbons (Fsp3) is 0.219. The molecule has 1 heterocycles. The van der Waals surface area contributed by atoms with Crippen molar-refractivity contribution >= 4 is 27.4 Å². The quantitative estimate of drug-likeness (QED) is 0.255. The number of ether oxygens (including phenoxy) is 1. The summed E-state index contributed by atoms with van der Waals surface area (Å²) in [6.07, 6.45) is 0.0472. The van der Waals surface area contributed by atoms with E-state index in [4.69, 9.17) is 9.57 Å². The second-order valence-electron chi connectivity index (χ2n) is 9.67. The molecule has 0 unspecified atom stereocenters. The van der Waals surface area contributed by atoms with Gasteiger partial charge in [-0.15, -0.1) is 0 Å². The van der Waals surface area contributed by atoms with Crippen LogP contribution >= 0.6 is 0 Å².